The molecule has 0 aliphatic heterocycles. The van der Waals surface area contributed by atoms with E-state index in [1.807, 2.05) is 133 Å². The number of benzene rings is 6. The SMILES string of the molecule is OC(COc1ccccc1)COc1c2ccccc2c(OCC(O)COc2ccccc2)c2cc(Oc3ccccc3)ccc12. The Kier molecular flexibility index (Phi) is 9.60. The van der Waals surface area contributed by atoms with E-state index in [1.165, 1.54) is 0 Å². The fraction of sp³-hybridized carbons (Fsp3) is 0.158. The topological polar surface area (TPSA) is 86.6 Å². The largest absolute Gasteiger partial charge is 0.491 e. The fourth-order valence-electron chi connectivity index (χ4n) is 4.95. The first kappa shape index (κ1) is 29.8. The maximum atomic E-state index is 10.8. The van der Waals surface area contributed by atoms with E-state index in [4.69, 9.17) is 23.7 Å². The normalized spacial score (nSPS) is 12.4. The third-order valence-electron chi connectivity index (χ3n) is 7.09. The van der Waals surface area contributed by atoms with Gasteiger partial charge in [-0.15, -0.1) is 0 Å². The highest BCUT2D eigenvalue weighted by atomic mass is 16.5. The van der Waals surface area contributed by atoms with Gasteiger partial charge < -0.3 is 33.9 Å². The summed E-state index contributed by atoms with van der Waals surface area (Å²) >= 11 is 0. The summed E-state index contributed by atoms with van der Waals surface area (Å²) in [6.07, 6.45) is -1.74. The van der Waals surface area contributed by atoms with Crippen molar-refractivity contribution in [2.24, 2.45) is 0 Å². The maximum Gasteiger partial charge on any atom is 0.135 e. The van der Waals surface area contributed by atoms with Crippen molar-refractivity contribution >= 4 is 21.5 Å². The molecule has 0 bridgehead atoms. The van der Waals surface area contributed by atoms with Crippen LogP contribution in [0.2, 0.25) is 0 Å². The second-order valence-electron chi connectivity index (χ2n) is 10.5. The number of hydrogen-bond donors (Lipinski definition) is 2. The third kappa shape index (κ3) is 7.65. The zero-order valence-corrected chi connectivity index (χ0v) is 24.6. The molecule has 0 heterocycles. The van der Waals surface area contributed by atoms with E-state index in [0.29, 0.717) is 34.5 Å². The van der Waals surface area contributed by atoms with Crippen LogP contribution in [0.15, 0.2) is 133 Å². The van der Waals surface area contributed by atoms with Crippen LogP contribution in [-0.2, 0) is 0 Å². The average molecular weight is 603 g/mol. The van der Waals surface area contributed by atoms with Crippen molar-refractivity contribution in [3.05, 3.63) is 133 Å². The zero-order valence-electron chi connectivity index (χ0n) is 24.6. The van der Waals surface area contributed by atoms with Gasteiger partial charge in [-0.2, -0.15) is 0 Å². The first-order valence-corrected chi connectivity index (χ1v) is 14.8. The Morgan fingerprint density at radius 1 is 0.378 bits per heavy atom. The van der Waals surface area contributed by atoms with Gasteiger partial charge in [0.25, 0.3) is 0 Å². The standard InChI is InChI=1S/C38H34O7/c39-27(23-41-29-12-4-1-5-13-29)25-43-37-33-18-10-11-19-34(33)38(44-26-28(40)24-42-30-14-6-2-7-15-30)36-22-32(20-21-35(36)37)45-31-16-8-3-9-17-31/h1-22,27-28,39-40H,23-26H2. The zero-order chi connectivity index (χ0) is 30.8. The first-order chi connectivity index (χ1) is 22.1. The van der Waals surface area contributed by atoms with Crippen LogP contribution in [0.1, 0.15) is 0 Å². The lowest BCUT2D eigenvalue weighted by atomic mass is 10.00. The van der Waals surface area contributed by atoms with Crippen molar-refractivity contribution < 1.29 is 33.9 Å². The summed E-state index contributed by atoms with van der Waals surface area (Å²) in [5.41, 5.74) is 0. The molecule has 7 heteroatoms. The lowest BCUT2D eigenvalue weighted by molar-refractivity contribution is 0.0629. The molecule has 2 atom stereocenters. The lowest BCUT2D eigenvalue weighted by Crippen LogP contribution is -2.25. The summed E-state index contributed by atoms with van der Waals surface area (Å²) in [4.78, 5) is 0. The van der Waals surface area contributed by atoms with E-state index in [1.54, 1.807) is 0 Å². The highest BCUT2D eigenvalue weighted by molar-refractivity contribution is 6.11. The first-order valence-electron chi connectivity index (χ1n) is 14.8. The van der Waals surface area contributed by atoms with Gasteiger partial charge in [0, 0.05) is 21.5 Å². The molecule has 2 unspecified atom stereocenters. The van der Waals surface area contributed by atoms with Crippen LogP contribution < -0.4 is 23.7 Å². The van der Waals surface area contributed by atoms with Gasteiger partial charge in [-0.25, -0.2) is 0 Å². The monoisotopic (exact) mass is 602 g/mol. The second-order valence-corrected chi connectivity index (χ2v) is 10.5. The van der Waals surface area contributed by atoms with Crippen molar-refractivity contribution in [3.63, 3.8) is 0 Å². The summed E-state index contributed by atoms with van der Waals surface area (Å²) in [6, 6.07) is 41.7. The van der Waals surface area contributed by atoms with Crippen molar-refractivity contribution in [2.45, 2.75) is 12.2 Å². The van der Waals surface area contributed by atoms with E-state index in [-0.39, 0.29) is 26.4 Å². The Hall–Kier alpha value is -5.24. The Labute approximate surface area is 261 Å². The molecule has 45 heavy (non-hydrogen) atoms. The maximum absolute atomic E-state index is 10.8. The molecule has 0 aromatic heterocycles. The Morgan fingerprint density at radius 3 is 1.29 bits per heavy atom. The Balaban J connectivity index is 1.29. The number of para-hydroxylation sites is 3. The van der Waals surface area contributed by atoms with Crippen LogP contribution >= 0.6 is 0 Å². The van der Waals surface area contributed by atoms with E-state index in [0.717, 1.165) is 21.5 Å². The lowest BCUT2D eigenvalue weighted by Gasteiger charge is -2.21. The van der Waals surface area contributed by atoms with Crippen LogP contribution in [0.25, 0.3) is 21.5 Å². The fourth-order valence-corrected chi connectivity index (χ4v) is 4.95. The van der Waals surface area contributed by atoms with Crippen LogP contribution in [0.3, 0.4) is 0 Å². The number of rotatable bonds is 14. The summed E-state index contributed by atoms with van der Waals surface area (Å²) in [7, 11) is 0. The van der Waals surface area contributed by atoms with Crippen molar-refractivity contribution in [1.82, 2.24) is 0 Å². The minimum atomic E-state index is -0.876. The molecule has 0 saturated heterocycles. The minimum absolute atomic E-state index is 0.00540. The van der Waals surface area contributed by atoms with Gasteiger partial charge in [-0.1, -0.05) is 78.9 Å². The molecular weight excluding hydrogens is 568 g/mol. The van der Waals surface area contributed by atoms with Gasteiger partial charge in [0.15, 0.2) is 0 Å². The molecule has 6 aromatic rings. The summed E-state index contributed by atoms with van der Waals surface area (Å²) in [5, 5.41) is 24.6. The molecule has 228 valence electrons. The van der Waals surface area contributed by atoms with Gasteiger partial charge >= 0.3 is 0 Å². The molecule has 0 fully saturated rings. The molecule has 0 radical (unpaired) electrons. The minimum Gasteiger partial charge on any atom is -0.491 e. The van der Waals surface area contributed by atoms with Gasteiger partial charge in [0.2, 0.25) is 0 Å². The van der Waals surface area contributed by atoms with Gasteiger partial charge in [-0.05, 0) is 54.6 Å². The van der Waals surface area contributed by atoms with Crippen LogP contribution in [0.4, 0.5) is 0 Å². The number of hydrogen-bond acceptors (Lipinski definition) is 7. The summed E-state index contributed by atoms with van der Waals surface area (Å²) in [5.74, 6) is 3.85. The molecule has 2 N–H and O–H groups in total. The quantitative estimate of drug-likeness (QED) is 0.126. The van der Waals surface area contributed by atoms with Crippen LogP contribution in [-0.4, -0.2) is 48.8 Å². The van der Waals surface area contributed by atoms with Crippen LogP contribution in [0.5, 0.6) is 34.5 Å². The molecule has 0 aliphatic rings. The van der Waals surface area contributed by atoms with Crippen molar-refractivity contribution in [2.75, 3.05) is 26.4 Å². The number of ether oxygens (including phenoxy) is 5. The molecule has 6 aromatic carbocycles. The molecular formula is C38H34O7. The molecule has 6 rings (SSSR count). The van der Waals surface area contributed by atoms with Gasteiger partial charge in [-0.3, -0.25) is 0 Å². The predicted octanol–water partition coefficient (Wildman–Crippen LogP) is 7.42. The highest BCUT2D eigenvalue weighted by Gasteiger charge is 2.20. The van der Waals surface area contributed by atoms with Crippen molar-refractivity contribution in [3.8, 4) is 34.5 Å². The molecule has 0 saturated carbocycles. The van der Waals surface area contributed by atoms with E-state index >= 15 is 0 Å². The molecule has 7 nitrogen and oxygen atoms in total. The van der Waals surface area contributed by atoms with E-state index in [9.17, 15) is 10.2 Å². The highest BCUT2D eigenvalue weighted by Crippen LogP contribution is 2.44. The Morgan fingerprint density at radius 2 is 0.778 bits per heavy atom. The third-order valence-corrected chi connectivity index (χ3v) is 7.09. The van der Waals surface area contributed by atoms with Gasteiger partial charge in [0.1, 0.15) is 73.1 Å². The van der Waals surface area contributed by atoms with E-state index in [2.05, 4.69) is 0 Å². The number of aliphatic hydroxyl groups excluding tert-OH is 2. The molecule has 0 spiro atoms. The Bertz CT molecular complexity index is 1810. The predicted molar refractivity (Wildman–Crippen MR) is 175 cm³/mol. The second kappa shape index (κ2) is 14.5. The molecule has 0 aliphatic carbocycles. The van der Waals surface area contributed by atoms with Gasteiger partial charge in [0.05, 0.1) is 0 Å². The smallest absolute Gasteiger partial charge is 0.135 e. The number of fused-ring (bicyclic) bond motifs is 2. The molecule has 0 amide bonds. The average Bonchev–Trinajstić information content (AvgIpc) is 3.09. The van der Waals surface area contributed by atoms with E-state index < -0.39 is 12.2 Å². The number of aliphatic hydroxyl groups is 2. The van der Waals surface area contributed by atoms with Crippen LogP contribution in [0, 0.1) is 0 Å². The summed E-state index contributed by atoms with van der Waals surface area (Å²) in [6.45, 7) is 0.181. The summed E-state index contributed by atoms with van der Waals surface area (Å²) < 4.78 is 30.3. The van der Waals surface area contributed by atoms with Crippen molar-refractivity contribution in [1.29, 1.82) is 0 Å².